The van der Waals surface area contributed by atoms with Crippen LogP contribution in [-0.4, -0.2) is 40.0 Å². The maximum Gasteiger partial charge on any atom is 0.160 e. The van der Waals surface area contributed by atoms with Crippen molar-refractivity contribution in [1.82, 2.24) is 5.32 Å². The molecule has 0 atom stereocenters. The predicted octanol–water partition coefficient (Wildman–Crippen LogP) is 2.01. The summed E-state index contributed by atoms with van der Waals surface area (Å²) in [6.45, 7) is 0.983. The lowest BCUT2D eigenvalue weighted by Gasteiger charge is -2.34. The van der Waals surface area contributed by atoms with Crippen molar-refractivity contribution in [2.75, 3.05) is 27.9 Å². The summed E-state index contributed by atoms with van der Waals surface area (Å²) in [7, 11) is 5.10. The second-order valence-electron chi connectivity index (χ2n) is 4.92. The zero-order valence-corrected chi connectivity index (χ0v) is 11.9. The highest BCUT2D eigenvalue weighted by atomic mass is 16.5. The molecule has 1 aliphatic rings. The van der Waals surface area contributed by atoms with Crippen LogP contribution in [0.3, 0.4) is 0 Å². The van der Waals surface area contributed by atoms with Crippen molar-refractivity contribution in [3.63, 3.8) is 0 Å². The monoisotopic (exact) mass is 265 g/mol. The molecule has 0 unspecified atom stereocenters. The molecule has 0 aromatic heterocycles. The van der Waals surface area contributed by atoms with Gasteiger partial charge in [0.1, 0.15) is 0 Å². The Kier molecular flexibility index (Phi) is 5.05. The standard InChI is InChI=1S/C15H23NO3/c1-17-13-9-12(10-13)16-7-6-11-4-5-14(18-2)15(8-11)19-3/h4-5,8,12-13,16H,6-7,9-10H2,1-3H3. The van der Waals surface area contributed by atoms with Gasteiger partial charge in [0.15, 0.2) is 11.5 Å². The van der Waals surface area contributed by atoms with Gasteiger partial charge in [0.2, 0.25) is 0 Å². The van der Waals surface area contributed by atoms with Gasteiger partial charge in [-0.05, 0) is 43.5 Å². The number of methoxy groups -OCH3 is 3. The van der Waals surface area contributed by atoms with Gasteiger partial charge in [-0.15, -0.1) is 0 Å². The zero-order chi connectivity index (χ0) is 13.7. The SMILES string of the molecule is COc1ccc(CCNC2CC(OC)C2)cc1OC. The Hall–Kier alpha value is -1.26. The van der Waals surface area contributed by atoms with E-state index in [2.05, 4.69) is 11.4 Å². The molecule has 0 aliphatic heterocycles. The maximum atomic E-state index is 5.30. The molecular formula is C15H23NO3. The summed E-state index contributed by atoms with van der Waals surface area (Å²) in [5.41, 5.74) is 1.26. The first kappa shape index (κ1) is 14.2. The molecule has 0 saturated heterocycles. The molecular weight excluding hydrogens is 242 g/mol. The van der Waals surface area contributed by atoms with Gasteiger partial charge in [0.25, 0.3) is 0 Å². The average Bonchev–Trinajstić information content (AvgIpc) is 2.41. The van der Waals surface area contributed by atoms with Crippen molar-refractivity contribution in [3.8, 4) is 11.5 Å². The minimum Gasteiger partial charge on any atom is -0.493 e. The topological polar surface area (TPSA) is 39.7 Å². The fraction of sp³-hybridized carbons (Fsp3) is 0.600. The number of hydrogen-bond acceptors (Lipinski definition) is 4. The third-order valence-electron chi connectivity index (χ3n) is 3.72. The van der Waals surface area contributed by atoms with E-state index in [-0.39, 0.29) is 0 Å². The Morgan fingerprint density at radius 1 is 1.11 bits per heavy atom. The maximum absolute atomic E-state index is 5.30. The van der Waals surface area contributed by atoms with Gasteiger partial charge in [-0.3, -0.25) is 0 Å². The minimum atomic E-state index is 0.457. The summed E-state index contributed by atoms with van der Waals surface area (Å²) < 4.78 is 15.8. The van der Waals surface area contributed by atoms with Gasteiger partial charge in [0.05, 0.1) is 20.3 Å². The molecule has 1 saturated carbocycles. The molecule has 1 N–H and O–H groups in total. The van der Waals surface area contributed by atoms with Crippen molar-refractivity contribution in [2.45, 2.75) is 31.4 Å². The van der Waals surface area contributed by atoms with E-state index in [4.69, 9.17) is 14.2 Å². The first-order chi connectivity index (χ1) is 9.26. The normalized spacial score (nSPS) is 21.8. The Bertz CT molecular complexity index is 402. The van der Waals surface area contributed by atoms with Gasteiger partial charge in [0, 0.05) is 13.2 Å². The number of rotatable bonds is 7. The zero-order valence-electron chi connectivity index (χ0n) is 11.9. The van der Waals surface area contributed by atoms with E-state index in [0.29, 0.717) is 12.1 Å². The van der Waals surface area contributed by atoms with E-state index < -0.39 is 0 Å². The van der Waals surface area contributed by atoms with E-state index in [0.717, 1.165) is 37.3 Å². The fourth-order valence-corrected chi connectivity index (χ4v) is 2.38. The Morgan fingerprint density at radius 2 is 1.84 bits per heavy atom. The summed E-state index contributed by atoms with van der Waals surface area (Å²) in [5.74, 6) is 1.57. The summed E-state index contributed by atoms with van der Waals surface area (Å²) in [6.07, 6.45) is 3.71. The summed E-state index contributed by atoms with van der Waals surface area (Å²) in [6, 6.07) is 6.70. The molecule has 0 radical (unpaired) electrons. The number of ether oxygens (including phenoxy) is 3. The third kappa shape index (κ3) is 3.61. The number of benzene rings is 1. The lowest BCUT2D eigenvalue weighted by Crippen LogP contribution is -2.45. The first-order valence-corrected chi connectivity index (χ1v) is 6.74. The van der Waals surface area contributed by atoms with Gasteiger partial charge < -0.3 is 19.5 Å². The van der Waals surface area contributed by atoms with Crippen LogP contribution in [0.25, 0.3) is 0 Å². The second kappa shape index (κ2) is 6.78. The molecule has 0 heterocycles. The van der Waals surface area contributed by atoms with Crippen LogP contribution in [0, 0.1) is 0 Å². The van der Waals surface area contributed by atoms with Gasteiger partial charge >= 0.3 is 0 Å². The molecule has 1 aromatic carbocycles. The minimum absolute atomic E-state index is 0.457. The Morgan fingerprint density at radius 3 is 2.47 bits per heavy atom. The van der Waals surface area contributed by atoms with E-state index in [1.165, 1.54) is 5.56 Å². The molecule has 1 aromatic rings. The van der Waals surface area contributed by atoms with Crippen LogP contribution in [-0.2, 0) is 11.2 Å². The molecule has 106 valence electrons. The van der Waals surface area contributed by atoms with E-state index >= 15 is 0 Å². The van der Waals surface area contributed by atoms with Crippen LogP contribution in [0.2, 0.25) is 0 Å². The van der Waals surface area contributed by atoms with Crippen molar-refractivity contribution >= 4 is 0 Å². The van der Waals surface area contributed by atoms with Crippen LogP contribution in [0.1, 0.15) is 18.4 Å². The van der Waals surface area contributed by atoms with Crippen LogP contribution in [0.15, 0.2) is 18.2 Å². The van der Waals surface area contributed by atoms with Crippen molar-refractivity contribution in [2.24, 2.45) is 0 Å². The highest BCUT2D eigenvalue weighted by Gasteiger charge is 2.27. The quantitative estimate of drug-likeness (QED) is 0.818. The van der Waals surface area contributed by atoms with Gasteiger partial charge in [-0.1, -0.05) is 6.07 Å². The summed E-state index contributed by atoms with van der Waals surface area (Å²) in [5, 5.41) is 3.55. The molecule has 1 aliphatic carbocycles. The van der Waals surface area contributed by atoms with Crippen LogP contribution < -0.4 is 14.8 Å². The molecule has 4 nitrogen and oxygen atoms in total. The molecule has 2 rings (SSSR count). The van der Waals surface area contributed by atoms with Crippen molar-refractivity contribution in [3.05, 3.63) is 23.8 Å². The molecule has 0 amide bonds. The third-order valence-corrected chi connectivity index (χ3v) is 3.72. The van der Waals surface area contributed by atoms with E-state index in [1.807, 2.05) is 12.1 Å². The molecule has 19 heavy (non-hydrogen) atoms. The molecule has 0 bridgehead atoms. The van der Waals surface area contributed by atoms with E-state index in [9.17, 15) is 0 Å². The Balaban J connectivity index is 1.77. The fourth-order valence-electron chi connectivity index (χ4n) is 2.38. The average molecular weight is 265 g/mol. The molecule has 1 fully saturated rings. The van der Waals surface area contributed by atoms with Crippen LogP contribution in [0.5, 0.6) is 11.5 Å². The highest BCUT2D eigenvalue weighted by molar-refractivity contribution is 5.42. The predicted molar refractivity (Wildman–Crippen MR) is 75.1 cm³/mol. The van der Waals surface area contributed by atoms with Crippen molar-refractivity contribution in [1.29, 1.82) is 0 Å². The van der Waals surface area contributed by atoms with Crippen molar-refractivity contribution < 1.29 is 14.2 Å². The summed E-state index contributed by atoms with van der Waals surface area (Å²) >= 11 is 0. The van der Waals surface area contributed by atoms with Crippen LogP contribution >= 0.6 is 0 Å². The number of hydrogen-bond donors (Lipinski definition) is 1. The largest absolute Gasteiger partial charge is 0.493 e. The first-order valence-electron chi connectivity index (χ1n) is 6.74. The lowest BCUT2D eigenvalue weighted by atomic mass is 9.89. The van der Waals surface area contributed by atoms with Crippen LogP contribution in [0.4, 0.5) is 0 Å². The summed E-state index contributed by atoms with van der Waals surface area (Å²) in [4.78, 5) is 0. The lowest BCUT2D eigenvalue weighted by molar-refractivity contribution is 0.0177. The van der Waals surface area contributed by atoms with E-state index in [1.54, 1.807) is 21.3 Å². The highest BCUT2D eigenvalue weighted by Crippen LogP contribution is 2.27. The number of nitrogens with one attached hydrogen (secondary N) is 1. The van der Waals surface area contributed by atoms with Gasteiger partial charge in [-0.2, -0.15) is 0 Å². The second-order valence-corrected chi connectivity index (χ2v) is 4.92. The van der Waals surface area contributed by atoms with Gasteiger partial charge in [-0.25, -0.2) is 0 Å². The molecule has 4 heteroatoms. The Labute approximate surface area is 115 Å². The molecule has 0 spiro atoms. The smallest absolute Gasteiger partial charge is 0.160 e.